The number of nitrogens with one attached hydrogen (secondary N) is 1. The smallest absolute Gasteiger partial charge is 0.119 e. The van der Waals surface area contributed by atoms with E-state index in [1.165, 1.54) is 21.6 Å². The van der Waals surface area contributed by atoms with Gasteiger partial charge in [-0.3, -0.25) is 0 Å². The van der Waals surface area contributed by atoms with Crippen LogP contribution in [0.1, 0.15) is 10.4 Å². The van der Waals surface area contributed by atoms with Crippen LogP contribution in [0.2, 0.25) is 0 Å². The topological polar surface area (TPSA) is 21.3 Å². The minimum absolute atomic E-state index is 0.869. The lowest BCUT2D eigenvalue weighted by Gasteiger charge is -2.10. The summed E-state index contributed by atoms with van der Waals surface area (Å²) >= 11 is 1.78. The van der Waals surface area contributed by atoms with Gasteiger partial charge >= 0.3 is 0 Å². The lowest BCUT2D eigenvalue weighted by Crippen LogP contribution is -2.06. The summed E-state index contributed by atoms with van der Waals surface area (Å²) < 4.78 is 5.30. The van der Waals surface area contributed by atoms with Gasteiger partial charge in [0.15, 0.2) is 0 Å². The second-order valence-electron chi connectivity index (χ2n) is 4.00. The first-order valence-corrected chi connectivity index (χ1v) is 6.49. The summed E-state index contributed by atoms with van der Waals surface area (Å²) in [6.07, 6.45) is 0. The minimum atomic E-state index is 0.869. The highest BCUT2D eigenvalue weighted by atomic mass is 32.1. The normalized spacial score (nSPS) is 10.5. The molecule has 0 saturated carbocycles. The van der Waals surface area contributed by atoms with Crippen molar-refractivity contribution in [2.24, 2.45) is 0 Å². The van der Waals surface area contributed by atoms with E-state index in [0.717, 1.165) is 12.3 Å². The number of hydrogen-bond acceptors (Lipinski definition) is 3. The van der Waals surface area contributed by atoms with Gasteiger partial charge in [-0.05, 0) is 54.2 Å². The van der Waals surface area contributed by atoms with Crippen LogP contribution in [0.25, 0.3) is 11.1 Å². The molecule has 0 fully saturated rings. The number of hydrogen-bond donors (Lipinski definition) is 1. The number of ether oxygens (including phenoxy) is 1. The second kappa shape index (κ2) is 5.34. The Balaban J connectivity index is 2.48. The number of thiophene rings is 1. The predicted molar refractivity (Wildman–Crippen MR) is 73.8 cm³/mol. The molecule has 0 atom stereocenters. The van der Waals surface area contributed by atoms with E-state index < -0.39 is 0 Å². The summed E-state index contributed by atoms with van der Waals surface area (Å²) in [5, 5.41) is 5.40. The van der Waals surface area contributed by atoms with Crippen molar-refractivity contribution in [2.75, 3.05) is 14.2 Å². The van der Waals surface area contributed by atoms with E-state index >= 15 is 0 Å². The molecule has 0 spiro atoms. The molecule has 0 unspecified atom stereocenters. The Morgan fingerprint density at radius 3 is 2.71 bits per heavy atom. The van der Waals surface area contributed by atoms with E-state index in [1.807, 2.05) is 13.1 Å². The van der Waals surface area contributed by atoms with E-state index in [1.54, 1.807) is 18.4 Å². The van der Waals surface area contributed by atoms with Crippen LogP contribution >= 0.6 is 11.3 Å². The fourth-order valence-corrected chi connectivity index (χ4v) is 2.58. The molecule has 3 heteroatoms. The lowest BCUT2D eigenvalue weighted by molar-refractivity contribution is 0.415. The molecule has 90 valence electrons. The zero-order valence-electron chi connectivity index (χ0n) is 10.4. The zero-order valence-corrected chi connectivity index (χ0v) is 11.2. The largest absolute Gasteiger partial charge is 0.497 e. The van der Waals surface area contributed by atoms with E-state index in [4.69, 9.17) is 4.74 Å². The van der Waals surface area contributed by atoms with Gasteiger partial charge in [-0.25, -0.2) is 0 Å². The first-order valence-electron chi connectivity index (χ1n) is 5.61. The maximum absolute atomic E-state index is 5.30. The van der Waals surface area contributed by atoms with Crippen LogP contribution < -0.4 is 10.1 Å². The molecule has 0 bridgehead atoms. The van der Waals surface area contributed by atoms with Gasteiger partial charge in [-0.2, -0.15) is 0 Å². The molecule has 17 heavy (non-hydrogen) atoms. The fraction of sp³-hybridized carbons (Fsp3) is 0.286. The van der Waals surface area contributed by atoms with Gasteiger partial charge in [0.25, 0.3) is 0 Å². The fourth-order valence-electron chi connectivity index (χ4n) is 1.88. The first kappa shape index (κ1) is 12.1. The number of rotatable bonds is 4. The average molecular weight is 247 g/mol. The molecule has 0 saturated heterocycles. The Morgan fingerprint density at radius 2 is 2.12 bits per heavy atom. The highest BCUT2D eigenvalue weighted by molar-refractivity contribution is 7.10. The molecule has 2 nitrogen and oxygen atoms in total. The third-order valence-electron chi connectivity index (χ3n) is 2.73. The van der Waals surface area contributed by atoms with Crippen molar-refractivity contribution in [2.45, 2.75) is 13.5 Å². The van der Waals surface area contributed by atoms with Crippen LogP contribution in [0.3, 0.4) is 0 Å². The van der Waals surface area contributed by atoms with Crippen molar-refractivity contribution in [3.63, 3.8) is 0 Å². The SMILES string of the molecule is CNCc1ccc(OC)cc1-c1csc(C)c1. The van der Waals surface area contributed by atoms with Crippen LogP contribution in [-0.2, 0) is 6.54 Å². The van der Waals surface area contributed by atoms with E-state index in [-0.39, 0.29) is 0 Å². The lowest BCUT2D eigenvalue weighted by atomic mass is 10.0. The molecular formula is C14H17NOS. The van der Waals surface area contributed by atoms with E-state index in [2.05, 4.69) is 35.8 Å². The average Bonchev–Trinajstić information content (AvgIpc) is 2.77. The van der Waals surface area contributed by atoms with E-state index in [0.29, 0.717) is 0 Å². The molecule has 0 radical (unpaired) electrons. The summed E-state index contributed by atoms with van der Waals surface area (Å²) in [4.78, 5) is 1.33. The first-order chi connectivity index (χ1) is 8.24. The van der Waals surface area contributed by atoms with Crippen molar-refractivity contribution < 1.29 is 4.74 Å². The zero-order chi connectivity index (χ0) is 12.3. The predicted octanol–water partition coefficient (Wildman–Crippen LogP) is 3.45. The Labute approximate surface area is 106 Å². The maximum Gasteiger partial charge on any atom is 0.119 e. The highest BCUT2D eigenvalue weighted by Gasteiger charge is 2.07. The Kier molecular flexibility index (Phi) is 3.82. The Bertz CT molecular complexity index is 505. The third-order valence-corrected chi connectivity index (χ3v) is 3.59. The minimum Gasteiger partial charge on any atom is -0.497 e. The summed E-state index contributed by atoms with van der Waals surface area (Å²) in [5.74, 6) is 0.906. The van der Waals surface area contributed by atoms with Crippen LogP contribution in [0.4, 0.5) is 0 Å². The standard InChI is InChI=1S/C14H17NOS/c1-10-6-12(9-17-10)14-7-13(16-3)5-4-11(14)8-15-2/h4-7,9,15H,8H2,1-3H3. The molecule has 2 rings (SSSR count). The molecule has 0 aliphatic rings. The highest BCUT2D eigenvalue weighted by Crippen LogP contribution is 2.31. The number of benzene rings is 1. The quantitative estimate of drug-likeness (QED) is 0.893. The third kappa shape index (κ3) is 2.68. The van der Waals surface area contributed by atoms with Crippen molar-refractivity contribution in [1.82, 2.24) is 5.32 Å². The van der Waals surface area contributed by atoms with Gasteiger partial charge in [0.2, 0.25) is 0 Å². The van der Waals surface area contributed by atoms with Gasteiger partial charge in [0.1, 0.15) is 5.75 Å². The Morgan fingerprint density at radius 1 is 1.29 bits per heavy atom. The summed E-state index contributed by atoms with van der Waals surface area (Å²) in [6, 6.07) is 8.46. The molecule has 0 aliphatic carbocycles. The van der Waals surface area contributed by atoms with Gasteiger partial charge < -0.3 is 10.1 Å². The van der Waals surface area contributed by atoms with Crippen molar-refractivity contribution in [3.05, 3.63) is 40.1 Å². The molecule has 1 N–H and O–H groups in total. The van der Waals surface area contributed by atoms with Crippen LogP contribution in [0, 0.1) is 6.92 Å². The van der Waals surface area contributed by atoms with Gasteiger partial charge in [0, 0.05) is 11.4 Å². The monoisotopic (exact) mass is 247 g/mol. The molecule has 2 aromatic rings. The molecule has 0 amide bonds. The number of methoxy groups -OCH3 is 1. The van der Waals surface area contributed by atoms with Gasteiger partial charge in [-0.15, -0.1) is 11.3 Å². The Hall–Kier alpha value is -1.32. The van der Waals surface area contributed by atoms with E-state index in [9.17, 15) is 0 Å². The van der Waals surface area contributed by atoms with Crippen LogP contribution in [0.15, 0.2) is 29.6 Å². The van der Waals surface area contributed by atoms with Gasteiger partial charge in [-0.1, -0.05) is 6.07 Å². The summed E-state index contributed by atoms with van der Waals surface area (Å²) in [5.41, 5.74) is 3.82. The van der Waals surface area contributed by atoms with Gasteiger partial charge in [0.05, 0.1) is 7.11 Å². The molecular weight excluding hydrogens is 230 g/mol. The second-order valence-corrected chi connectivity index (χ2v) is 5.11. The van der Waals surface area contributed by atoms with Crippen LogP contribution in [-0.4, -0.2) is 14.2 Å². The van der Waals surface area contributed by atoms with Crippen molar-refractivity contribution >= 4 is 11.3 Å². The molecule has 1 heterocycles. The summed E-state index contributed by atoms with van der Waals surface area (Å²) in [7, 11) is 3.67. The maximum atomic E-state index is 5.30. The van der Waals surface area contributed by atoms with Crippen molar-refractivity contribution in [1.29, 1.82) is 0 Å². The number of aryl methyl sites for hydroxylation is 1. The molecule has 1 aromatic carbocycles. The van der Waals surface area contributed by atoms with Crippen LogP contribution in [0.5, 0.6) is 5.75 Å². The molecule has 0 aliphatic heterocycles. The molecule has 1 aromatic heterocycles. The summed E-state index contributed by atoms with van der Waals surface area (Å²) in [6.45, 7) is 3.00. The van der Waals surface area contributed by atoms with Crippen molar-refractivity contribution in [3.8, 4) is 16.9 Å².